The number of hydrogen-bond donors (Lipinski definition) is 0. The molecule has 1 aromatic rings. The minimum Gasteiger partial charge on any atom is -0.0945 e. The van der Waals surface area contributed by atoms with Gasteiger partial charge in [0.05, 0.1) is 0 Å². The highest BCUT2D eigenvalue weighted by molar-refractivity contribution is 5.42. The molecule has 2 fully saturated rings. The van der Waals surface area contributed by atoms with Crippen LogP contribution in [0.25, 0.3) is 0 Å². The maximum Gasteiger partial charge on any atom is 0.0246 e. The highest BCUT2D eigenvalue weighted by Crippen LogP contribution is 2.31. The fourth-order valence-corrected chi connectivity index (χ4v) is 4.44. The summed E-state index contributed by atoms with van der Waals surface area (Å²) >= 11 is 0. The van der Waals surface area contributed by atoms with Crippen molar-refractivity contribution in [2.24, 2.45) is 23.7 Å². The highest BCUT2D eigenvalue weighted by atomic mass is 14.2. The van der Waals surface area contributed by atoms with Gasteiger partial charge < -0.3 is 0 Å². The van der Waals surface area contributed by atoms with Crippen molar-refractivity contribution in [2.45, 2.75) is 78.1 Å². The summed E-state index contributed by atoms with van der Waals surface area (Å²) in [6.45, 7) is 4.63. The summed E-state index contributed by atoms with van der Waals surface area (Å²) < 4.78 is 0. The van der Waals surface area contributed by atoms with E-state index < -0.39 is 0 Å². The molecule has 0 spiro atoms. The lowest BCUT2D eigenvalue weighted by molar-refractivity contribution is 0.309. The zero-order chi connectivity index (χ0) is 18.2. The average Bonchev–Trinajstić information content (AvgIpc) is 2.72. The van der Waals surface area contributed by atoms with Gasteiger partial charge in [-0.25, -0.2) is 0 Å². The van der Waals surface area contributed by atoms with Crippen LogP contribution in [0.2, 0.25) is 0 Å². The van der Waals surface area contributed by atoms with Crippen LogP contribution in [-0.2, 0) is 0 Å². The second-order valence-corrected chi connectivity index (χ2v) is 8.37. The van der Waals surface area contributed by atoms with Gasteiger partial charge in [-0.3, -0.25) is 0 Å². The van der Waals surface area contributed by atoms with E-state index in [1.807, 2.05) is 0 Å². The van der Waals surface area contributed by atoms with E-state index in [2.05, 4.69) is 61.8 Å². The Balaban J connectivity index is 1.50. The molecule has 0 unspecified atom stereocenters. The average molecular weight is 347 g/mol. The molecule has 1 aromatic carbocycles. The normalized spacial score (nSPS) is 28.4. The summed E-state index contributed by atoms with van der Waals surface area (Å²) in [6, 6.07) is 8.57. The van der Waals surface area contributed by atoms with E-state index in [1.54, 1.807) is 0 Å². The van der Waals surface area contributed by atoms with E-state index in [4.69, 9.17) is 0 Å². The topological polar surface area (TPSA) is 0 Å². The van der Waals surface area contributed by atoms with E-state index in [1.165, 1.54) is 64.2 Å². The molecule has 3 rings (SSSR count). The van der Waals surface area contributed by atoms with Crippen LogP contribution >= 0.6 is 0 Å². The van der Waals surface area contributed by atoms with Gasteiger partial charge in [0.1, 0.15) is 0 Å². The van der Waals surface area contributed by atoms with Crippen LogP contribution in [-0.4, -0.2) is 0 Å². The molecule has 0 amide bonds. The zero-order valence-electron chi connectivity index (χ0n) is 16.7. The van der Waals surface area contributed by atoms with Crippen molar-refractivity contribution >= 4 is 0 Å². The molecular weight excluding hydrogens is 312 g/mol. The van der Waals surface area contributed by atoms with Crippen molar-refractivity contribution in [1.82, 2.24) is 0 Å². The van der Waals surface area contributed by atoms with E-state index in [-0.39, 0.29) is 0 Å². The molecule has 2 aliphatic carbocycles. The first-order chi connectivity index (χ1) is 12.8. The molecule has 138 valence electrons. The summed E-state index contributed by atoms with van der Waals surface area (Å²) in [6.07, 6.45) is 13.3. The van der Waals surface area contributed by atoms with Crippen molar-refractivity contribution in [2.75, 3.05) is 0 Å². The molecule has 26 heavy (non-hydrogen) atoms. The SMILES string of the molecule is CCC1CCC(C#Cc2ccc(C#CC3CCC(CC)CC3)cc2)CC1. The maximum absolute atomic E-state index is 3.51. The summed E-state index contributed by atoms with van der Waals surface area (Å²) in [5, 5.41) is 0. The third-order valence-electron chi connectivity index (χ3n) is 6.57. The molecule has 0 atom stereocenters. The molecule has 0 heterocycles. The first-order valence-corrected chi connectivity index (χ1v) is 10.9. The number of rotatable bonds is 2. The first-order valence-electron chi connectivity index (χ1n) is 10.9. The van der Waals surface area contributed by atoms with Crippen molar-refractivity contribution < 1.29 is 0 Å². The predicted octanol–water partition coefficient (Wildman–Crippen LogP) is 6.82. The minimum atomic E-state index is 0.607. The van der Waals surface area contributed by atoms with Crippen molar-refractivity contribution in [3.8, 4) is 23.7 Å². The Labute approximate surface area is 161 Å². The van der Waals surface area contributed by atoms with Crippen molar-refractivity contribution in [1.29, 1.82) is 0 Å². The van der Waals surface area contributed by atoms with Crippen LogP contribution in [0.3, 0.4) is 0 Å². The largest absolute Gasteiger partial charge is 0.0945 e. The van der Waals surface area contributed by atoms with Crippen molar-refractivity contribution in [3.63, 3.8) is 0 Å². The Hall–Kier alpha value is -1.66. The third kappa shape index (κ3) is 5.68. The molecule has 2 saturated carbocycles. The smallest absolute Gasteiger partial charge is 0.0246 e. The molecule has 0 aliphatic heterocycles. The minimum absolute atomic E-state index is 0.607. The lowest BCUT2D eigenvalue weighted by Crippen LogP contribution is -2.12. The van der Waals surface area contributed by atoms with E-state index >= 15 is 0 Å². The van der Waals surface area contributed by atoms with Crippen molar-refractivity contribution in [3.05, 3.63) is 35.4 Å². The van der Waals surface area contributed by atoms with Crippen LogP contribution < -0.4 is 0 Å². The Kier molecular flexibility index (Phi) is 7.26. The fourth-order valence-electron chi connectivity index (χ4n) is 4.44. The quantitative estimate of drug-likeness (QED) is 0.515. The molecule has 0 bridgehead atoms. The van der Waals surface area contributed by atoms with Gasteiger partial charge in [0, 0.05) is 23.0 Å². The highest BCUT2D eigenvalue weighted by Gasteiger charge is 2.18. The molecule has 0 saturated heterocycles. The number of benzene rings is 1. The van der Waals surface area contributed by atoms with E-state index in [9.17, 15) is 0 Å². The molecular formula is C26H34. The summed E-state index contributed by atoms with van der Waals surface area (Å²) in [5.41, 5.74) is 2.27. The molecule has 0 heteroatoms. The van der Waals surface area contributed by atoms with Gasteiger partial charge in [0.25, 0.3) is 0 Å². The van der Waals surface area contributed by atoms with Gasteiger partial charge in [0.15, 0.2) is 0 Å². The van der Waals surface area contributed by atoms with Crippen LogP contribution in [0.5, 0.6) is 0 Å². The standard InChI is InChI=1S/C26H34/c1-3-21-5-9-23(10-6-21)13-15-25-17-19-26(20-18-25)16-14-24-11-7-22(4-2)8-12-24/h17-24H,3-12H2,1-2H3. The molecule has 0 N–H and O–H groups in total. The fraction of sp³-hybridized carbons (Fsp3) is 0.615. The van der Waals surface area contributed by atoms with E-state index in [0.29, 0.717) is 11.8 Å². The Morgan fingerprint density at radius 3 is 1.27 bits per heavy atom. The molecule has 0 nitrogen and oxygen atoms in total. The van der Waals surface area contributed by atoms with Crippen LogP contribution in [0.1, 0.15) is 89.2 Å². The van der Waals surface area contributed by atoms with Gasteiger partial charge in [-0.15, -0.1) is 0 Å². The van der Waals surface area contributed by atoms with Crippen LogP contribution in [0, 0.1) is 47.4 Å². The first kappa shape index (κ1) is 19.1. The monoisotopic (exact) mass is 346 g/mol. The van der Waals surface area contributed by atoms with Gasteiger partial charge in [-0.1, -0.05) is 50.4 Å². The number of hydrogen-bond acceptors (Lipinski definition) is 0. The third-order valence-corrected chi connectivity index (χ3v) is 6.57. The lowest BCUT2D eigenvalue weighted by Gasteiger charge is -2.24. The van der Waals surface area contributed by atoms with Gasteiger partial charge in [0.2, 0.25) is 0 Å². The molecule has 2 aliphatic rings. The maximum atomic E-state index is 3.51. The van der Waals surface area contributed by atoms with Gasteiger partial charge in [-0.05, 0) is 87.5 Å². The summed E-state index contributed by atoms with van der Waals surface area (Å²) in [5.74, 6) is 16.9. The van der Waals surface area contributed by atoms with Gasteiger partial charge in [-0.2, -0.15) is 0 Å². The van der Waals surface area contributed by atoms with Gasteiger partial charge >= 0.3 is 0 Å². The molecule has 0 radical (unpaired) electrons. The second kappa shape index (κ2) is 9.88. The lowest BCUT2D eigenvalue weighted by atomic mass is 9.81. The van der Waals surface area contributed by atoms with E-state index in [0.717, 1.165) is 23.0 Å². The molecule has 0 aromatic heterocycles. The van der Waals surface area contributed by atoms with Crippen LogP contribution in [0.4, 0.5) is 0 Å². The Bertz CT molecular complexity index is 596. The zero-order valence-corrected chi connectivity index (χ0v) is 16.7. The summed E-state index contributed by atoms with van der Waals surface area (Å²) in [7, 11) is 0. The second-order valence-electron chi connectivity index (χ2n) is 8.37. The Morgan fingerprint density at radius 2 is 0.962 bits per heavy atom. The van der Waals surface area contributed by atoms with Crippen LogP contribution in [0.15, 0.2) is 24.3 Å². The summed E-state index contributed by atoms with van der Waals surface area (Å²) in [4.78, 5) is 0. The predicted molar refractivity (Wildman–Crippen MR) is 112 cm³/mol. The Morgan fingerprint density at radius 1 is 0.615 bits per heavy atom.